The number of nitrogens with zero attached hydrogens (tertiary/aromatic N) is 1. The summed E-state index contributed by atoms with van der Waals surface area (Å²) < 4.78 is 0. The van der Waals surface area contributed by atoms with Crippen LogP contribution in [0.5, 0.6) is 0 Å². The molecule has 2 fully saturated rings. The molecule has 2 rings (SSSR count). The van der Waals surface area contributed by atoms with Crippen molar-refractivity contribution in [3.63, 3.8) is 0 Å². The highest BCUT2D eigenvalue weighted by atomic mass is 15.1. The molecule has 56 valence electrons. The quantitative estimate of drug-likeness (QED) is 0.531. The lowest BCUT2D eigenvalue weighted by Gasteiger charge is -2.13. The number of aliphatic imine (C=N–C) groups is 1. The van der Waals surface area contributed by atoms with Crippen LogP contribution in [0.4, 0.5) is 0 Å². The van der Waals surface area contributed by atoms with E-state index < -0.39 is 0 Å². The van der Waals surface area contributed by atoms with Gasteiger partial charge in [-0.2, -0.15) is 0 Å². The molecule has 0 spiro atoms. The number of hydrogen-bond donors (Lipinski definition) is 1. The van der Waals surface area contributed by atoms with Gasteiger partial charge in [-0.1, -0.05) is 6.92 Å². The molecule has 2 aliphatic rings. The first-order chi connectivity index (χ1) is 4.83. The van der Waals surface area contributed by atoms with Crippen LogP contribution < -0.4 is 5.32 Å². The summed E-state index contributed by atoms with van der Waals surface area (Å²) in [6.07, 6.45) is 2.52. The molecule has 2 heteroatoms. The van der Waals surface area contributed by atoms with Crippen molar-refractivity contribution >= 4 is 5.84 Å². The summed E-state index contributed by atoms with van der Waals surface area (Å²) in [5.74, 6) is 3.08. The molecule has 0 aromatic rings. The Morgan fingerprint density at radius 1 is 1.60 bits per heavy atom. The Kier molecular flexibility index (Phi) is 1.22. The van der Waals surface area contributed by atoms with Gasteiger partial charge in [0, 0.05) is 19.5 Å². The molecule has 0 aromatic carbocycles. The van der Waals surface area contributed by atoms with Gasteiger partial charge in [0.1, 0.15) is 0 Å². The maximum absolute atomic E-state index is 4.16. The zero-order valence-corrected chi connectivity index (χ0v) is 6.59. The molecule has 0 radical (unpaired) electrons. The first-order valence-electron chi connectivity index (χ1n) is 4.05. The summed E-state index contributed by atoms with van der Waals surface area (Å²) in [7, 11) is 1.87. The molecule has 0 aromatic heterocycles. The van der Waals surface area contributed by atoms with Gasteiger partial charge in [0.2, 0.25) is 0 Å². The smallest absolute Gasteiger partial charge is 0.0962 e. The lowest BCUT2D eigenvalue weighted by molar-refractivity contribution is 0.636. The van der Waals surface area contributed by atoms with E-state index in [1.54, 1.807) is 0 Å². The predicted molar refractivity (Wildman–Crippen MR) is 42.2 cm³/mol. The normalized spacial score (nSPS) is 48.2. The fraction of sp³-hybridized carbons (Fsp3) is 0.875. The second kappa shape index (κ2) is 1.97. The number of nitrogens with one attached hydrogen (secondary N) is 1. The Labute approximate surface area is 61.7 Å². The van der Waals surface area contributed by atoms with Crippen LogP contribution in [0.1, 0.15) is 19.8 Å². The summed E-state index contributed by atoms with van der Waals surface area (Å²) in [5.41, 5.74) is 0. The van der Waals surface area contributed by atoms with E-state index in [2.05, 4.69) is 17.2 Å². The van der Waals surface area contributed by atoms with Gasteiger partial charge in [-0.15, -0.1) is 0 Å². The fourth-order valence-corrected chi connectivity index (χ4v) is 1.97. The summed E-state index contributed by atoms with van der Waals surface area (Å²) in [6, 6.07) is 0.771. The Hall–Kier alpha value is -0.530. The van der Waals surface area contributed by atoms with E-state index in [4.69, 9.17) is 0 Å². The number of rotatable bonds is 0. The van der Waals surface area contributed by atoms with Crippen molar-refractivity contribution in [2.75, 3.05) is 7.05 Å². The Morgan fingerprint density at radius 2 is 2.40 bits per heavy atom. The molecule has 3 unspecified atom stereocenters. The third-order valence-electron chi connectivity index (χ3n) is 2.88. The zero-order valence-electron chi connectivity index (χ0n) is 6.59. The zero-order chi connectivity index (χ0) is 7.14. The molecule has 3 atom stereocenters. The molecular formula is C8H14N2. The average molecular weight is 138 g/mol. The number of hydrogen-bond acceptors (Lipinski definition) is 1. The minimum atomic E-state index is 0.771. The largest absolute Gasteiger partial charge is 0.371 e. The second-order valence-electron chi connectivity index (χ2n) is 3.40. The van der Waals surface area contributed by atoms with Crippen molar-refractivity contribution in [1.29, 1.82) is 0 Å². The first-order valence-corrected chi connectivity index (χ1v) is 4.05. The van der Waals surface area contributed by atoms with Crippen LogP contribution in [0.25, 0.3) is 0 Å². The van der Waals surface area contributed by atoms with E-state index in [1.165, 1.54) is 18.7 Å². The van der Waals surface area contributed by atoms with Crippen molar-refractivity contribution < 1.29 is 0 Å². The third-order valence-corrected chi connectivity index (χ3v) is 2.88. The lowest BCUT2D eigenvalue weighted by Crippen LogP contribution is -2.31. The van der Waals surface area contributed by atoms with Crippen LogP contribution in [0, 0.1) is 11.8 Å². The maximum Gasteiger partial charge on any atom is 0.0962 e. The molecule has 1 N–H and O–H groups in total. The number of piperidine rings is 1. The van der Waals surface area contributed by atoms with Gasteiger partial charge in [-0.3, -0.25) is 4.99 Å². The van der Waals surface area contributed by atoms with Crippen LogP contribution in [0.3, 0.4) is 0 Å². The molecule has 0 bridgehead atoms. The molecule has 1 saturated carbocycles. The van der Waals surface area contributed by atoms with E-state index in [0.717, 1.165) is 17.9 Å². The van der Waals surface area contributed by atoms with Gasteiger partial charge in [0.15, 0.2) is 0 Å². The topological polar surface area (TPSA) is 24.4 Å². The monoisotopic (exact) mass is 138 g/mol. The van der Waals surface area contributed by atoms with Crippen molar-refractivity contribution in [2.45, 2.75) is 25.8 Å². The first kappa shape index (κ1) is 6.20. The van der Waals surface area contributed by atoms with Crippen LogP contribution in [0.15, 0.2) is 4.99 Å². The van der Waals surface area contributed by atoms with Crippen LogP contribution in [0.2, 0.25) is 0 Å². The van der Waals surface area contributed by atoms with Crippen molar-refractivity contribution in [3.8, 4) is 0 Å². The fourth-order valence-electron chi connectivity index (χ4n) is 1.97. The molecule has 1 saturated heterocycles. The van der Waals surface area contributed by atoms with Crippen LogP contribution in [-0.2, 0) is 0 Å². The summed E-state index contributed by atoms with van der Waals surface area (Å²) in [4.78, 5) is 4.16. The van der Waals surface area contributed by atoms with E-state index in [1.807, 2.05) is 7.05 Å². The van der Waals surface area contributed by atoms with E-state index in [0.29, 0.717) is 0 Å². The highest BCUT2D eigenvalue weighted by molar-refractivity contribution is 5.83. The minimum Gasteiger partial charge on any atom is -0.371 e. The molecule has 10 heavy (non-hydrogen) atoms. The van der Waals surface area contributed by atoms with Gasteiger partial charge < -0.3 is 5.32 Å². The molecule has 1 heterocycles. The van der Waals surface area contributed by atoms with Crippen molar-refractivity contribution in [3.05, 3.63) is 0 Å². The highest BCUT2D eigenvalue weighted by Crippen LogP contribution is 2.44. The average Bonchev–Trinajstić information content (AvgIpc) is 2.62. The van der Waals surface area contributed by atoms with Gasteiger partial charge in [-0.25, -0.2) is 0 Å². The SMILES string of the molecule is CN=C1CCC2C(C)C2N1. The summed E-state index contributed by atoms with van der Waals surface area (Å²) >= 11 is 0. The van der Waals surface area contributed by atoms with Gasteiger partial charge >= 0.3 is 0 Å². The van der Waals surface area contributed by atoms with Crippen LogP contribution in [-0.4, -0.2) is 18.9 Å². The molecule has 1 aliphatic heterocycles. The minimum absolute atomic E-state index is 0.771. The molecule has 1 aliphatic carbocycles. The summed E-state index contributed by atoms with van der Waals surface area (Å²) in [6.45, 7) is 2.32. The molecular weight excluding hydrogens is 124 g/mol. The van der Waals surface area contributed by atoms with Crippen molar-refractivity contribution in [2.24, 2.45) is 16.8 Å². The third kappa shape index (κ3) is 0.746. The Balaban J connectivity index is 2.01. The van der Waals surface area contributed by atoms with Gasteiger partial charge in [0.05, 0.1) is 5.84 Å². The van der Waals surface area contributed by atoms with E-state index in [9.17, 15) is 0 Å². The van der Waals surface area contributed by atoms with Gasteiger partial charge in [-0.05, 0) is 18.3 Å². The number of fused-ring (bicyclic) bond motifs is 1. The molecule has 0 amide bonds. The standard InChI is InChI=1S/C8H14N2/c1-5-6-3-4-7(9-2)10-8(5)6/h5-6,8H,3-4H2,1-2H3,(H,9,10). The Morgan fingerprint density at radius 3 is 3.00 bits per heavy atom. The predicted octanol–water partition coefficient (Wildman–Crippen LogP) is 1.03. The highest BCUT2D eigenvalue weighted by Gasteiger charge is 2.48. The number of amidine groups is 1. The maximum atomic E-state index is 4.16. The Bertz CT molecular complexity index is 174. The van der Waals surface area contributed by atoms with Crippen molar-refractivity contribution in [1.82, 2.24) is 5.32 Å². The van der Waals surface area contributed by atoms with Crippen LogP contribution >= 0.6 is 0 Å². The van der Waals surface area contributed by atoms with E-state index >= 15 is 0 Å². The van der Waals surface area contributed by atoms with E-state index in [-0.39, 0.29) is 0 Å². The summed E-state index contributed by atoms with van der Waals surface area (Å²) in [5, 5.41) is 3.44. The molecule has 2 nitrogen and oxygen atoms in total. The lowest BCUT2D eigenvalue weighted by atomic mass is 10.1. The van der Waals surface area contributed by atoms with Gasteiger partial charge in [0.25, 0.3) is 0 Å². The second-order valence-corrected chi connectivity index (χ2v) is 3.40.